The maximum Gasteiger partial charge on any atom is 0.390 e. The fourth-order valence-electron chi connectivity index (χ4n) is 3.68. The Labute approximate surface area is 178 Å². The summed E-state index contributed by atoms with van der Waals surface area (Å²) in [4.78, 5) is 37.4. The van der Waals surface area contributed by atoms with Gasteiger partial charge in [0, 0.05) is 4.88 Å². The number of carbonyl (C=O) groups is 2. The smallest absolute Gasteiger partial charge is 0.390 e. The lowest BCUT2D eigenvalue weighted by molar-refractivity contribution is -0.389. The van der Waals surface area contributed by atoms with E-state index >= 15 is 0 Å². The van der Waals surface area contributed by atoms with Crippen molar-refractivity contribution in [3.05, 3.63) is 37.9 Å². The lowest BCUT2D eigenvalue weighted by atomic mass is 9.95. The fourth-order valence-corrected chi connectivity index (χ4v) is 4.96. The molecule has 0 saturated carbocycles. The predicted molar refractivity (Wildman–Crippen MR) is 113 cm³/mol. The van der Waals surface area contributed by atoms with E-state index in [0.717, 1.165) is 42.5 Å². The molecule has 0 saturated heterocycles. The molecule has 1 atom stereocenters. The molecule has 0 spiro atoms. The largest absolute Gasteiger partial charge is 0.462 e. The molecule has 9 nitrogen and oxygen atoms in total. The molecule has 1 unspecified atom stereocenters. The van der Waals surface area contributed by atoms with E-state index < -0.39 is 16.9 Å². The fraction of sp³-hybridized carbons (Fsp3) is 0.550. The van der Waals surface area contributed by atoms with Crippen LogP contribution in [0.25, 0.3) is 0 Å². The number of hydrogen-bond donors (Lipinski definition) is 1. The van der Waals surface area contributed by atoms with E-state index in [1.165, 1.54) is 22.1 Å². The minimum Gasteiger partial charge on any atom is -0.462 e. The number of hydrogen-bond acceptors (Lipinski definition) is 7. The van der Waals surface area contributed by atoms with Crippen molar-refractivity contribution in [2.75, 3.05) is 11.9 Å². The van der Waals surface area contributed by atoms with Crippen LogP contribution in [0.1, 0.15) is 72.1 Å². The van der Waals surface area contributed by atoms with Crippen LogP contribution >= 0.6 is 11.3 Å². The van der Waals surface area contributed by atoms with Crippen molar-refractivity contribution in [2.45, 2.75) is 65.3 Å². The van der Waals surface area contributed by atoms with E-state index in [-0.39, 0.29) is 11.7 Å². The molecule has 3 rings (SSSR count). The Hall–Kier alpha value is -2.75. The number of nitrogens with one attached hydrogen (secondary N) is 1. The Bertz CT molecular complexity index is 965. The Balaban J connectivity index is 1.90. The molecule has 1 aliphatic rings. The number of rotatable bonds is 8. The number of carbonyl (C=O) groups excluding carboxylic acids is 2. The van der Waals surface area contributed by atoms with Gasteiger partial charge in [0.05, 0.1) is 29.0 Å². The van der Waals surface area contributed by atoms with E-state index in [9.17, 15) is 19.7 Å². The molecule has 10 heteroatoms. The van der Waals surface area contributed by atoms with Gasteiger partial charge in [-0.1, -0.05) is 13.8 Å². The summed E-state index contributed by atoms with van der Waals surface area (Å²) in [5.74, 6) is -1.07. The highest BCUT2D eigenvalue weighted by Crippen LogP contribution is 2.39. The van der Waals surface area contributed by atoms with Gasteiger partial charge in [-0.3, -0.25) is 4.79 Å². The standard InChI is InChI=1S/C20H26N4O5S/c1-4-10-29-20(26)17-13-8-6-7-9-15(13)30-19(17)21-18(25)14(5-2)23-12(3)11-16(22-23)24(27)28/h11,14H,4-10H2,1-3H3,(H,21,25). The molecule has 0 bridgehead atoms. The van der Waals surface area contributed by atoms with Gasteiger partial charge >= 0.3 is 11.8 Å². The first kappa shape index (κ1) is 21.9. The first-order valence-electron chi connectivity index (χ1n) is 10.2. The van der Waals surface area contributed by atoms with Crippen LogP contribution in [0.3, 0.4) is 0 Å². The number of aromatic nitrogens is 2. The molecule has 2 heterocycles. The molecule has 0 aliphatic heterocycles. The average molecular weight is 435 g/mol. The molecule has 0 aromatic carbocycles. The molecule has 0 radical (unpaired) electrons. The van der Waals surface area contributed by atoms with Gasteiger partial charge in [-0.05, 0) is 55.9 Å². The van der Waals surface area contributed by atoms with Crippen LogP contribution in [0.2, 0.25) is 0 Å². The topological polar surface area (TPSA) is 116 Å². The lowest BCUT2D eigenvalue weighted by Crippen LogP contribution is -2.27. The number of ether oxygens (including phenoxy) is 1. The van der Waals surface area contributed by atoms with Crippen LogP contribution in [0.15, 0.2) is 6.07 Å². The van der Waals surface area contributed by atoms with Gasteiger partial charge in [0.2, 0.25) is 0 Å². The summed E-state index contributed by atoms with van der Waals surface area (Å²) in [6, 6.07) is 0.616. The number of fused-ring (bicyclic) bond motifs is 1. The normalized spacial score (nSPS) is 14.1. The van der Waals surface area contributed by atoms with Crippen LogP contribution in [0, 0.1) is 17.0 Å². The van der Waals surface area contributed by atoms with Crippen LogP contribution in [-0.4, -0.2) is 33.2 Å². The first-order chi connectivity index (χ1) is 14.4. The quantitative estimate of drug-likeness (QED) is 0.378. The van der Waals surface area contributed by atoms with Crippen LogP contribution in [0.4, 0.5) is 10.8 Å². The minimum atomic E-state index is -0.725. The van der Waals surface area contributed by atoms with Gasteiger partial charge in [0.15, 0.2) is 6.04 Å². The van der Waals surface area contributed by atoms with Crippen LogP contribution in [0.5, 0.6) is 0 Å². The van der Waals surface area contributed by atoms with Gasteiger partial charge in [-0.15, -0.1) is 11.3 Å². The second kappa shape index (κ2) is 9.38. The third-order valence-electron chi connectivity index (χ3n) is 5.13. The molecule has 2 aromatic rings. The number of anilines is 1. The van der Waals surface area contributed by atoms with Gasteiger partial charge in [0.25, 0.3) is 5.91 Å². The molecule has 0 fully saturated rings. The van der Waals surface area contributed by atoms with Crippen molar-refractivity contribution in [3.63, 3.8) is 0 Å². The highest BCUT2D eigenvalue weighted by molar-refractivity contribution is 7.17. The molecule has 30 heavy (non-hydrogen) atoms. The molecule has 1 amide bonds. The summed E-state index contributed by atoms with van der Waals surface area (Å²) in [6.07, 6.45) is 4.84. The summed E-state index contributed by atoms with van der Waals surface area (Å²) in [7, 11) is 0. The van der Waals surface area contributed by atoms with Gasteiger partial charge in [0.1, 0.15) is 5.00 Å². The van der Waals surface area contributed by atoms with Crippen LogP contribution < -0.4 is 5.32 Å². The zero-order valence-electron chi connectivity index (χ0n) is 17.4. The Morgan fingerprint density at radius 3 is 2.73 bits per heavy atom. The SMILES string of the molecule is CCCOC(=O)c1c(NC(=O)C(CC)n2nc([N+](=O)[O-])cc2C)sc2c1CCCC2. The summed E-state index contributed by atoms with van der Waals surface area (Å²) in [5, 5.41) is 18.4. The second-order valence-corrected chi connectivity index (χ2v) is 8.42. The van der Waals surface area contributed by atoms with Crippen molar-refractivity contribution >= 4 is 34.0 Å². The summed E-state index contributed by atoms with van der Waals surface area (Å²) in [5.41, 5.74) is 1.95. The van der Waals surface area contributed by atoms with Gasteiger partial charge < -0.3 is 20.2 Å². The van der Waals surface area contributed by atoms with E-state index in [4.69, 9.17) is 4.74 Å². The number of nitrogens with zero attached hydrogens (tertiary/aromatic N) is 3. The van der Waals surface area contributed by atoms with Crippen molar-refractivity contribution in [3.8, 4) is 0 Å². The van der Waals surface area contributed by atoms with E-state index in [1.807, 2.05) is 13.8 Å². The third-order valence-corrected chi connectivity index (χ3v) is 6.34. The summed E-state index contributed by atoms with van der Waals surface area (Å²) in [6.45, 7) is 5.74. The van der Waals surface area contributed by atoms with Gasteiger partial charge in [-0.2, -0.15) is 4.68 Å². The van der Waals surface area contributed by atoms with Crippen molar-refractivity contribution in [1.29, 1.82) is 0 Å². The molecular formula is C20H26N4O5S. The molecule has 1 aliphatic carbocycles. The lowest BCUT2D eigenvalue weighted by Gasteiger charge is -2.15. The van der Waals surface area contributed by atoms with Crippen molar-refractivity contribution < 1.29 is 19.2 Å². The van der Waals surface area contributed by atoms with E-state index in [2.05, 4.69) is 10.4 Å². The maximum absolute atomic E-state index is 13.1. The molecular weight excluding hydrogens is 408 g/mol. The number of aryl methyl sites for hydroxylation is 2. The third kappa shape index (κ3) is 4.38. The van der Waals surface area contributed by atoms with E-state index in [1.54, 1.807) is 6.92 Å². The Morgan fingerprint density at radius 2 is 2.10 bits per heavy atom. The highest BCUT2D eigenvalue weighted by atomic mass is 32.1. The molecule has 162 valence electrons. The average Bonchev–Trinajstić information content (AvgIpc) is 3.27. The maximum atomic E-state index is 13.1. The number of thiophene rings is 1. The van der Waals surface area contributed by atoms with Gasteiger partial charge in [-0.25, -0.2) is 4.79 Å². The van der Waals surface area contributed by atoms with E-state index in [0.29, 0.717) is 29.3 Å². The Kier molecular flexibility index (Phi) is 6.86. The highest BCUT2D eigenvalue weighted by Gasteiger charge is 2.31. The predicted octanol–water partition coefficient (Wildman–Crippen LogP) is 4.20. The zero-order valence-corrected chi connectivity index (χ0v) is 18.2. The summed E-state index contributed by atoms with van der Waals surface area (Å²) < 4.78 is 6.74. The summed E-state index contributed by atoms with van der Waals surface area (Å²) >= 11 is 1.42. The Morgan fingerprint density at radius 1 is 1.37 bits per heavy atom. The van der Waals surface area contributed by atoms with Crippen molar-refractivity contribution in [2.24, 2.45) is 0 Å². The second-order valence-electron chi connectivity index (χ2n) is 7.31. The van der Waals surface area contributed by atoms with Crippen molar-refractivity contribution in [1.82, 2.24) is 9.78 Å². The van der Waals surface area contributed by atoms with Crippen LogP contribution in [-0.2, 0) is 22.4 Å². The number of nitro groups is 1. The first-order valence-corrected chi connectivity index (χ1v) is 11.0. The minimum absolute atomic E-state index is 0.297. The monoisotopic (exact) mass is 434 g/mol. The number of esters is 1. The molecule has 1 N–H and O–H groups in total. The number of amides is 1. The molecule has 2 aromatic heterocycles. The zero-order chi connectivity index (χ0) is 21.8.